The number of hydrogen-bond donors (Lipinski definition) is 1. The number of aromatic amines is 1. The molecule has 1 N–H and O–H groups in total. The Morgan fingerprint density at radius 3 is 2.71 bits per heavy atom. The first-order chi connectivity index (χ1) is 16.5. The summed E-state index contributed by atoms with van der Waals surface area (Å²) in [6.07, 6.45) is 7.91. The molecule has 34 heavy (non-hydrogen) atoms. The number of pyridine rings is 1. The minimum atomic E-state index is -3.75. The smallest absolute Gasteiger partial charge is 0.208 e. The molecule has 5 rings (SSSR count). The third-order valence-electron chi connectivity index (χ3n) is 5.52. The molecule has 1 atom stereocenters. The standard InChI is InChI=1S/C24H19N7O2S/c1-16-9-21-23(27-15-28-24(21)30-16)18-12-29-31(14-18)22(7-8-25)17-10-20(13-26-11-17)34(32,33)19-5-3-2-4-6-19/h2-6,9-15,22H,7H2,1H3,(H,27,28,30). The fraction of sp³-hybridized carbons (Fsp3) is 0.125. The maximum Gasteiger partial charge on any atom is 0.208 e. The van der Waals surface area contributed by atoms with Gasteiger partial charge in [-0.15, -0.1) is 0 Å². The van der Waals surface area contributed by atoms with E-state index in [-0.39, 0.29) is 16.2 Å². The van der Waals surface area contributed by atoms with Crippen molar-refractivity contribution in [1.82, 2.24) is 29.7 Å². The van der Waals surface area contributed by atoms with Crippen LogP contribution in [-0.2, 0) is 9.84 Å². The van der Waals surface area contributed by atoms with E-state index in [2.05, 4.69) is 31.1 Å². The molecule has 0 saturated heterocycles. The van der Waals surface area contributed by atoms with Crippen LogP contribution >= 0.6 is 0 Å². The summed E-state index contributed by atoms with van der Waals surface area (Å²) in [6, 6.07) is 13.3. The predicted molar refractivity (Wildman–Crippen MR) is 124 cm³/mol. The van der Waals surface area contributed by atoms with Crippen molar-refractivity contribution in [2.75, 3.05) is 0 Å². The largest absolute Gasteiger partial charge is 0.343 e. The number of sulfone groups is 1. The summed E-state index contributed by atoms with van der Waals surface area (Å²) in [5, 5.41) is 14.8. The molecular weight excluding hydrogens is 450 g/mol. The topological polar surface area (TPSA) is 130 Å². The Morgan fingerprint density at radius 2 is 1.91 bits per heavy atom. The van der Waals surface area contributed by atoms with Crippen LogP contribution in [0, 0.1) is 18.3 Å². The molecule has 9 nitrogen and oxygen atoms in total. The average Bonchev–Trinajstić information content (AvgIpc) is 3.49. The van der Waals surface area contributed by atoms with E-state index in [1.54, 1.807) is 59.7 Å². The summed E-state index contributed by atoms with van der Waals surface area (Å²) in [4.78, 5) is 16.3. The molecule has 1 unspecified atom stereocenters. The molecule has 4 aromatic heterocycles. The lowest BCUT2D eigenvalue weighted by atomic mass is 10.1. The maximum atomic E-state index is 13.1. The van der Waals surface area contributed by atoms with Crippen LogP contribution in [0.3, 0.4) is 0 Å². The molecule has 0 aliphatic rings. The summed E-state index contributed by atoms with van der Waals surface area (Å²) >= 11 is 0. The van der Waals surface area contributed by atoms with Gasteiger partial charge in [-0.1, -0.05) is 18.2 Å². The number of nitrogens with one attached hydrogen (secondary N) is 1. The lowest BCUT2D eigenvalue weighted by molar-refractivity contribution is 0.529. The summed E-state index contributed by atoms with van der Waals surface area (Å²) in [6.45, 7) is 1.95. The molecule has 10 heteroatoms. The Balaban J connectivity index is 1.54. The van der Waals surface area contributed by atoms with Crippen molar-refractivity contribution in [2.24, 2.45) is 0 Å². The fourth-order valence-corrected chi connectivity index (χ4v) is 5.16. The highest BCUT2D eigenvalue weighted by Gasteiger charge is 2.22. The number of nitrogens with zero attached hydrogens (tertiary/aromatic N) is 6. The summed E-state index contributed by atoms with van der Waals surface area (Å²) in [5.41, 5.74) is 3.74. The molecule has 0 radical (unpaired) electrons. The second-order valence-corrected chi connectivity index (χ2v) is 9.74. The highest BCUT2D eigenvalue weighted by atomic mass is 32.2. The van der Waals surface area contributed by atoms with E-state index < -0.39 is 15.9 Å². The number of nitriles is 1. The van der Waals surface area contributed by atoms with Crippen LogP contribution in [0.15, 0.2) is 83.4 Å². The number of rotatable bonds is 6. The normalized spacial score (nSPS) is 12.5. The monoisotopic (exact) mass is 469 g/mol. The average molecular weight is 470 g/mol. The molecule has 1 aromatic carbocycles. The third-order valence-corrected chi connectivity index (χ3v) is 7.26. The van der Waals surface area contributed by atoms with Crippen LogP contribution < -0.4 is 0 Å². The molecule has 0 aliphatic carbocycles. The first kappa shape index (κ1) is 21.5. The van der Waals surface area contributed by atoms with Gasteiger partial charge in [0.2, 0.25) is 9.84 Å². The number of aryl methyl sites for hydroxylation is 1. The molecular formula is C24H19N7O2S. The van der Waals surface area contributed by atoms with E-state index in [1.807, 2.05) is 13.0 Å². The molecule has 168 valence electrons. The lowest BCUT2D eigenvalue weighted by Gasteiger charge is -2.15. The van der Waals surface area contributed by atoms with Gasteiger partial charge in [-0.2, -0.15) is 10.4 Å². The van der Waals surface area contributed by atoms with Crippen LogP contribution in [0.4, 0.5) is 0 Å². The van der Waals surface area contributed by atoms with E-state index in [0.717, 1.165) is 28.0 Å². The van der Waals surface area contributed by atoms with E-state index in [9.17, 15) is 13.7 Å². The SMILES string of the molecule is Cc1cc2c(-c3cnn(C(CC#N)c4cncc(S(=O)(=O)c5ccccc5)c4)c3)ncnc2[nH]1. The van der Waals surface area contributed by atoms with Gasteiger partial charge < -0.3 is 4.98 Å². The van der Waals surface area contributed by atoms with Gasteiger partial charge in [-0.3, -0.25) is 9.67 Å². The molecule has 0 bridgehead atoms. The summed E-state index contributed by atoms with van der Waals surface area (Å²) in [7, 11) is -3.75. The van der Waals surface area contributed by atoms with Crippen LogP contribution in [0.5, 0.6) is 0 Å². The van der Waals surface area contributed by atoms with Crippen LogP contribution in [0.2, 0.25) is 0 Å². The molecule has 0 aliphatic heterocycles. The Labute approximate surface area is 195 Å². The number of hydrogen-bond acceptors (Lipinski definition) is 7. The van der Waals surface area contributed by atoms with Crippen LogP contribution in [0.25, 0.3) is 22.3 Å². The van der Waals surface area contributed by atoms with E-state index in [1.165, 1.54) is 12.5 Å². The van der Waals surface area contributed by atoms with E-state index in [0.29, 0.717) is 5.56 Å². The highest BCUT2D eigenvalue weighted by Crippen LogP contribution is 2.29. The van der Waals surface area contributed by atoms with Gasteiger partial charge in [0.25, 0.3) is 0 Å². The molecule has 0 spiro atoms. The van der Waals surface area contributed by atoms with Crippen molar-refractivity contribution < 1.29 is 8.42 Å². The van der Waals surface area contributed by atoms with Gasteiger partial charge in [-0.05, 0) is 36.8 Å². The zero-order valence-electron chi connectivity index (χ0n) is 18.1. The molecule has 5 aromatic rings. The van der Waals surface area contributed by atoms with Crippen molar-refractivity contribution in [3.8, 4) is 17.3 Å². The van der Waals surface area contributed by atoms with Gasteiger partial charge in [0.15, 0.2) is 0 Å². The first-order valence-electron chi connectivity index (χ1n) is 10.4. The Kier molecular flexibility index (Phi) is 5.39. The minimum absolute atomic E-state index is 0.0619. The zero-order chi connectivity index (χ0) is 23.7. The molecule has 4 heterocycles. The maximum absolute atomic E-state index is 13.1. The van der Waals surface area contributed by atoms with E-state index in [4.69, 9.17) is 0 Å². The van der Waals surface area contributed by atoms with Crippen LogP contribution in [-0.4, -0.2) is 38.1 Å². The highest BCUT2D eigenvalue weighted by molar-refractivity contribution is 7.91. The van der Waals surface area contributed by atoms with Crippen molar-refractivity contribution in [3.63, 3.8) is 0 Å². The van der Waals surface area contributed by atoms with Crippen molar-refractivity contribution in [2.45, 2.75) is 29.2 Å². The summed E-state index contributed by atoms with van der Waals surface area (Å²) in [5.74, 6) is 0. The van der Waals surface area contributed by atoms with E-state index >= 15 is 0 Å². The number of aromatic nitrogens is 6. The minimum Gasteiger partial charge on any atom is -0.343 e. The van der Waals surface area contributed by atoms with Crippen molar-refractivity contribution in [3.05, 3.63) is 84.8 Å². The predicted octanol–water partition coefficient (Wildman–Crippen LogP) is 3.86. The first-order valence-corrected chi connectivity index (χ1v) is 11.9. The third kappa shape index (κ3) is 3.82. The quantitative estimate of drug-likeness (QED) is 0.399. The molecule has 0 saturated carbocycles. The fourth-order valence-electron chi connectivity index (χ4n) is 3.88. The van der Waals surface area contributed by atoms with Crippen molar-refractivity contribution in [1.29, 1.82) is 5.26 Å². The van der Waals surface area contributed by atoms with Gasteiger partial charge >= 0.3 is 0 Å². The second-order valence-electron chi connectivity index (χ2n) is 7.79. The second kappa shape index (κ2) is 8.53. The Bertz CT molecular complexity index is 1630. The Morgan fingerprint density at radius 1 is 1.09 bits per heavy atom. The lowest BCUT2D eigenvalue weighted by Crippen LogP contribution is -2.12. The number of H-pyrrole nitrogens is 1. The van der Waals surface area contributed by atoms with Gasteiger partial charge in [0.1, 0.15) is 12.0 Å². The van der Waals surface area contributed by atoms with Gasteiger partial charge in [0, 0.05) is 35.2 Å². The molecule has 0 amide bonds. The van der Waals surface area contributed by atoms with Crippen molar-refractivity contribution >= 4 is 20.9 Å². The Hall–Kier alpha value is -4.36. The number of fused-ring (bicyclic) bond motifs is 1. The van der Waals surface area contributed by atoms with Gasteiger partial charge in [-0.25, -0.2) is 18.4 Å². The summed E-state index contributed by atoms with van der Waals surface area (Å²) < 4.78 is 27.8. The molecule has 0 fully saturated rings. The van der Waals surface area contributed by atoms with Gasteiger partial charge in [0.05, 0.1) is 40.2 Å². The number of benzene rings is 1. The zero-order valence-corrected chi connectivity index (χ0v) is 18.9. The van der Waals surface area contributed by atoms with Crippen LogP contribution in [0.1, 0.15) is 23.7 Å².